The predicted octanol–water partition coefficient (Wildman–Crippen LogP) is -8.25. The molecule has 34 N–H and O–H groups in total. The number of rotatable bonds is 63. The summed E-state index contributed by atoms with van der Waals surface area (Å²) in [4.78, 5) is 259. The molecule has 52 heteroatoms. The fraction of sp³-hybridized carbons (Fsp3) is 0.539. The van der Waals surface area contributed by atoms with Crippen LogP contribution in [0.15, 0.2) is 97.5 Å². The number of aromatic nitrogens is 2. The number of carboxylic acids is 2. The van der Waals surface area contributed by atoms with Crippen LogP contribution in [0.2, 0.25) is 0 Å². The zero-order chi connectivity index (χ0) is 105. The third-order valence-corrected chi connectivity index (χ3v) is 22.9. The number of phenolic OH excluding ortho intramolecular Hbond substituents is 1. The molecule has 1 aromatic heterocycles. The highest BCUT2D eigenvalue weighted by atomic mass is 32.1. The van der Waals surface area contributed by atoms with E-state index in [0.717, 1.165) is 4.90 Å². The van der Waals surface area contributed by atoms with Crippen molar-refractivity contribution in [1.82, 2.24) is 105 Å². The van der Waals surface area contributed by atoms with Crippen LogP contribution in [0.25, 0.3) is 0 Å². The number of thiol groups is 2. The monoisotopic (exact) mass is 2010 g/mol. The van der Waals surface area contributed by atoms with Crippen molar-refractivity contribution in [3.63, 3.8) is 0 Å². The summed E-state index contributed by atoms with van der Waals surface area (Å²) in [5, 5.41) is 119. The lowest BCUT2D eigenvalue weighted by atomic mass is 10.0. The number of carboxylic acid groups (broad SMARTS) is 2. The molecule has 0 saturated carbocycles. The lowest BCUT2D eigenvalue weighted by Crippen LogP contribution is -2.62. The third kappa shape index (κ3) is 41.6. The normalized spacial score (nSPS) is 15.4. The Hall–Kier alpha value is -13.8. The largest absolute Gasteiger partial charge is 0.508 e. The topological polar surface area (TPSA) is 817 Å². The van der Waals surface area contributed by atoms with Gasteiger partial charge in [-0.15, -0.1) is 0 Å². The Kier molecular flexibility index (Phi) is 51.4. The van der Waals surface area contributed by atoms with Gasteiger partial charge in [0.2, 0.25) is 94.5 Å². The number of nitrogens with two attached hydrogens (primary N) is 4. The van der Waals surface area contributed by atoms with Crippen LogP contribution in [-0.4, -0.2) is 325 Å². The molecule has 0 radical (unpaired) electrons. The number of hydrogen-bond donors (Lipinski definition) is 32. The summed E-state index contributed by atoms with van der Waals surface area (Å²) in [5.74, 6) is -22.1. The third-order valence-electron chi connectivity index (χ3n) is 22.2. The molecular formula is C89H134N26O24S2. The number of likely N-dealkylation sites (tertiary alicyclic amines) is 1. The first kappa shape index (κ1) is 118. The van der Waals surface area contributed by atoms with E-state index in [0.29, 0.717) is 48.2 Å². The van der Waals surface area contributed by atoms with E-state index in [2.05, 4.69) is 126 Å². The quantitative estimate of drug-likeness (QED) is 0.00845. The fourth-order valence-corrected chi connectivity index (χ4v) is 15.0. The molecule has 1 aliphatic rings. The molecule has 0 spiro atoms. The van der Waals surface area contributed by atoms with Gasteiger partial charge in [-0.1, -0.05) is 107 Å². The van der Waals surface area contributed by atoms with Crippen LogP contribution in [0.4, 0.5) is 0 Å². The molecule has 141 heavy (non-hydrogen) atoms. The number of aromatic amines is 1. The second-order valence-corrected chi connectivity index (χ2v) is 34.9. The zero-order valence-electron chi connectivity index (χ0n) is 78.6. The summed E-state index contributed by atoms with van der Waals surface area (Å²) < 4.78 is 0. The highest BCUT2D eigenvalue weighted by Gasteiger charge is 2.43. The summed E-state index contributed by atoms with van der Waals surface area (Å²) in [5.41, 5.74) is 24.1. The Labute approximate surface area is 824 Å². The summed E-state index contributed by atoms with van der Waals surface area (Å²) in [6.07, 6.45) is 0.876. The molecule has 16 atom stereocenters. The second-order valence-electron chi connectivity index (χ2n) is 34.2. The maximum absolute atomic E-state index is 15.0. The number of amides is 16. The van der Waals surface area contributed by atoms with Gasteiger partial charge in [-0.05, 0) is 111 Å². The highest BCUT2D eigenvalue weighted by Crippen LogP contribution is 2.22. The van der Waals surface area contributed by atoms with Crippen LogP contribution in [0.5, 0.6) is 5.75 Å². The van der Waals surface area contributed by atoms with Gasteiger partial charge in [0.25, 0.3) is 0 Å². The van der Waals surface area contributed by atoms with E-state index >= 15 is 4.79 Å². The fourth-order valence-electron chi connectivity index (χ4n) is 14.5. The molecule has 1 fully saturated rings. The van der Waals surface area contributed by atoms with Gasteiger partial charge in [-0.25, -0.2) is 9.78 Å². The van der Waals surface area contributed by atoms with Gasteiger partial charge in [-0.2, -0.15) is 25.3 Å². The molecule has 2 heterocycles. The number of benzene rings is 3. The molecule has 1 aliphatic heterocycles. The number of H-pyrrole nitrogens is 1. The summed E-state index contributed by atoms with van der Waals surface area (Å²) in [6.45, 7) is 2.85. The number of nitrogens with zero attached hydrogens (tertiary/aromatic N) is 2. The number of nitrogens with one attached hydrogen (secondary N) is 20. The van der Waals surface area contributed by atoms with Gasteiger partial charge in [0.1, 0.15) is 96.4 Å². The Morgan fingerprint density at radius 3 is 1.28 bits per heavy atom. The highest BCUT2D eigenvalue weighted by molar-refractivity contribution is 7.80. The number of unbranched alkanes of at least 4 members (excludes halogenated alkanes) is 1. The molecule has 5 rings (SSSR count). The van der Waals surface area contributed by atoms with Gasteiger partial charge in [0.05, 0.1) is 38.7 Å². The molecule has 50 nitrogen and oxygen atoms in total. The number of carbonyl (C=O) groups excluding carboxylic acids is 16. The van der Waals surface area contributed by atoms with Gasteiger partial charge >= 0.3 is 11.9 Å². The maximum Gasteiger partial charge on any atom is 0.326 e. The number of imidazole rings is 1. The van der Waals surface area contributed by atoms with E-state index in [9.17, 15) is 112 Å². The number of hydrogen-bond acceptors (Lipinski definition) is 29. The van der Waals surface area contributed by atoms with E-state index in [4.69, 9.17) is 33.8 Å². The van der Waals surface area contributed by atoms with Crippen LogP contribution in [-0.2, 0) is 112 Å². The van der Waals surface area contributed by atoms with Crippen molar-refractivity contribution in [2.45, 2.75) is 227 Å². The Morgan fingerprint density at radius 2 is 0.865 bits per heavy atom. The lowest BCUT2D eigenvalue weighted by molar-refractivity contribution is -0.142. The molecule has 0 bridgehead atoms. The number of aliphatic hydroxyl groups excluding tert-OH is 3. The number of phenols is 1. The average molecular weight is 2020 g/mol. The number of carbonyl (C=O) groups is 18. The SMILES string of the molecule is CC(C)C[C@H](NC(=O)[C@H](CO)NC(=O)[C@@H](NC(=O)CNC(=O)[C@@H](N)CCCCN)C(C)C)C(=O)N[C@@H](CO)C(=O)N[C@@H](Cc1ccc(O)cc1)C(=O)N[C@@H](CCCNC(=N)N)C(=O)N[C@@H](CS)C(=O)N1CCC[C@H]1C(=O)N[C@@H](CS)C(=O)N[C@@H](CCCNC(=N)N)C(=O)N[C@@H](Cc1ccccc1)C(=O)N[C@@H](Cc1ccccc1)C(=O)N[C@@H](CCC(=O)O)C(=O)N[C@@H](CO)C(=O)N[C@@H](Cc1cnc[nH]1)C(=O)O. The first-order valence-electron chi connectivity index (χ1n) is 45.8. The van der Waals surface area contributed by atoms with Crippen molar-refractivity contribution in [2.24, 2.45) is 34.8 Å². The van der Waals surface area contributed by atoms with Crippen LogP contribution in [0.3, 0.4) is 0 Å². The standard InChI is InChI=1S/C89H134N26O24S2/c1-47(2)34-58(104-81(132)65(43-118)111-85(136)71(48(3)4)114-69(120)40-99-72(123)54(91)20-11-12-30-90)76(127)110-63(41-116)80(131)107-61(37-51-24-26-53(119)27-25-51)77(128)101-56(22-14-32-98-89(94)95)74(125)113-67(45-141)86(137)115-33-15-23-68(115)84(135)112-66(44-140)83(134)102-55(21-13-31-97-88(92)93)73(124)105-60(36-50-18-9-6-10-19-50)79(130)106-59(35-49-16-7-5-8-17-49)78(129)103-57(28-29-70(121)122)75(126)109-64(42-117)82(133)108-62(87(138)139)38-52-39-96-46-100-52/h5-10,16-19,24-27,39,46-48,54-68,71,116-119,140-141H,11-15,20-23,28-38,40-45,90-91H2,1-4H3,(H,96,100)(H,99,123)(H,101,128)(H,102,134)(H,103,129)(H,104,132)(H,105,124)(H,106,130)(H,107,131)(H,108,133)(H,109,126)(H,110,127)(H,111,136)(H,112,135)(H,113,125)(H,114,120)(H,121,122)(H,138,139)(H4,92,93,97)(H4,94,95,98)/t54-,55-,56-,57-,58-,59-,60-,61-,62-,63-,64-,65-,66-,67-,68-,71-/m0/s1. The summed E-state index contributed by atoms with van der Waals surface area (Å²) >= 11 is 8.77. The van der Waals surface area contributed by atoms with Crippen molar-refractivity contribution in [2.75, 3.05) is 64.1 Å². The van der Waals surface area contributed by atoms with Crippen molar-refractivity contribution in [3.05, 3.63) is 120 Å². The van der Waals surface area contributed by atoms with Gasteiger partial charge in [-0.3, -0.25) is 92.3 Å². The van der Waals surface area contributed by atoms with Crippen molar-refractivity contribution in [3.8, 4) is 5.75 Å². The minimum Gasteiger partial charge on any atom is -0.508 e. The molecule has 776 valence electrons. The van der Waals surface area contributed by atoms with E-state index < -0.39 is 278 Å². The zero-order valence-corrected chi connectivity index (χ0v) is 80.4. The van der Waals surface area contributed by atoms with E-state index in [1.807, 2.05) is 0 Å². The van der Waals surface area contributed by atoms with Gasteiger partial charge < -0.3 is 154 Å². The average Bonchev–Trinajstić information content (AvgIpc) is 1.71. The number of aliphatic hydroxyl groups is 3. The molecular weight excluding hydrogens is 1880 g/mol. The maximum atomic E-state index is 15.0. The molecule has 0 aliphatic carbocycles. The van der Waals surface area contributed by atoms with Crippen LogP contribution in [0.1, 0.15) is 127 Å². The van der Waals surface area contributed by atoms with Gasteiger partial charge in [0.15, 0.2) is 11.9 Å². The number of aromatic hydroxyl groups is 1. The van der Waals surface area contributed by atoms with E-state index in [-0.39, 0.29) is 95.5 Å². The molecule has 3 aromatic carbocycles. The van der Waals surface area contributed by atoms with Crippen molar-refractivity contribution < 1.29 is 117 Å². The Balaban J connectivity index is 1.35. The molecule has 4 aromatic rings. The van der Waals surface area contributed by atoms with Gasteiger partial charge in [0, 0.05) is 75.1 Å². The minimum absolute atomic E-state index is 0.00306. The predicted molar refractivity (Wildman–Crippen MR) is 516 cm³/mol. The minimum atomic E-state index is -1.89. The molecule has 1 saturated heterocycles. The molecule has 0 unspecified atom stereocenters. The first-order valence-corrected chi connectivity index (χ1v) is 47.1. The number of aliphatic carboxylic acids is 2. The van der Waals surface area contributed by atoms with Crippen LogP contribution < -0.4 is 113 Å². The Bertz CT molecular complexity index is 4840. The smallest absolute Gasteiger partial charge is 0.326 e. The van der Waals surface area contributed by atoms with E-state index in [1.54, 1.807) is 88.4 Å². The van der Waals surface area contributed by atoms with Crippen molar-refractivity contribution in [1.29, 1.82) is 10.8 Å². The van der Waals surface area contributed by atoms with Crippen LogP contribution >= 0.6 is 25.3 Å². The number of guanidine groups is 2. The van der Waals surface area contributed by atoms with E-state index in [1.165, 1.54) is 36.8 Å². The lowest BCUT2D eigenvalue weighted by Gasteiger charge is -2.30. The second kappa shape index (κ2) is 61.6. The molecule has 16 amide bonds. The van der Waals surface area contributed by atoms with Crippen LogP contribution in [0, 0.1) is 22.7 Å². The Morgan fingerprint density at radius 1 is 0.461 bits per heavy atom. The summed E-state index contributed by atoms with van der Waals surface area (Å²) in [7, 11) is 0. The van der Waals surface area contributed by atoms with Crippen molar-refractivity contribution >= 4 is 144 Å². The first-order chi connectivity index (χ1) is 67.0. The summed E-state index contributed by atoms with van der Waals surface area (Å²) in [6, 6.07) is -3.86.